The number of nitrogens with zero attached hydrogens (tertiary/aromatic N) is 1. The van der Waals surface area contributed by atoms with Gasteiger partial charge in [0.05, 0.1) is 5.56 Å². The van der Waals surface area contributed by atoms with Gasteiger partial charge in [-0.25, -0.2) is 0 Å². The van der Waals surface area contributed by atoms with Gasteiger partial charge in [0.15, 0.2) is 0 Å². The minimum atomic E-state index is -4.27. The van der Waals surface area contributed by atoms with E-state index in [2.05, 4.69) is 0 Å². The highest BCUT2D eigenvalue weighted by Crippen LogP contribution is 2.38. The molecule has 2 rings (SSSR count). The summed E-state index contributed by atoms with van der Waals surface area (Å²) in [6.45, 7) is 0.952. The molecule has 1 saturated carbocycles. The van der Waals surface area contributed by atoms with E-state index in [1.807, 2.05) is 6.92 Å². The third-order valence-corrected chi connectivity index (χ3v) is 4.16. The second-order valence-electron chi connectivity index (χ2n) is 4.97. The molecule has 0 saturated heterocycles. The lowest BCUT2D eigenvalue weighted by Gasteiger charge is -2.28. The summed E-state index contributed by atoms with van der Waals surface area (Å²) < 4.78 is 38.5. The van der Waals surface area contributed by atoms with Gasteiger partial charge in [-0.15, -0.1) is 11.8 Å². The zero-order valence-electron chi connectivity index (χ0n) is 11.7. The topological polar surface area (TPSA) is 53.1 Å². The number of alkyl halides is 3. The quantitative estimate of drug-likeness (QED) is 0.479. The maximum absolute atomic E-state index is 12.8. The van der Waals surface area contributed by atoms with Gasteiger partial charge in [0.2, 0.25) is 0 Å². The van der Waals surface area contributed by atoms with Crippen molar-refractivity contribution in [3.8, 4) is 0 Å². The highest BCUT2D eigenvalue weighted by Gasteiger charge is 2.39. The van der Waals surface area contributed by atoms with E-state index in [0.717, 1.165) is 23.5 Å². The summed E-state index contributed by atoms with van der Waals surface area (Å²) in [5, 5.41) is 7.74. The fourth-order valence-corrected chi connectivity index (χ4v) is 3.14. The Balaban J connectivity index is 2.44. The largest absolute Gasteiger partial charge is 0.405 e. The molecule has 3 nitrogen and oxygen atoms in total. The number of anilines is 1. The Bertz CT molecular complexity index is 527. The van der Waals surface area contributed by atoms with Crippen LogP contribution in [0.5, 0.6) is 0 Å². The van der Waals surface area contributed by atoms with Gasteiger partial charge in [-0.3, -0.25) is 5.41 Å². The van der Waals surface area contributed by atoms with Gasteiger partial charge in [0, 0.05) is 16.6 Å². The van der Waals surface area contributed by atoms with Crippen molar-refractivity contribution in [1.82, 2.24) is 0 Å². The highest BCUT2D eigenvalue weighted by molar-refractivity contribution is 7.99. The van der Waals surface area contributed by atoms with Gasteiger partial charge in [0.1, 0.15) is 12.4 Å². The molecule has 0 spiro atoms. The predicted molar refractivity (Wildman–Crippen MR) is 80.3 cm³/mol. The molecule has 1 aliphatic carbocycles. The van der Waals surface area contributed by atoms with Gasteiger partial charge in [0.25, 0.3) is 0 Å². The van der Waals surface area contributed by atoms with Crippen molar-refractivity contribution in [2.24, 2.45) is 5.73 Å². The van der Waals surface area contributed by atoms with Crippen molar-refractivity contribution in [3.63, 3.8) is 0 Å². The molecule has 21 heavy (non-hydrogen) atoms. The van der Waals surface area contributed by atoms with Crippen molar-refractivity contribution >= 4 is 23.3 Å². The summed E-state index contributed by atoms with van der Waals surface area (Å²) in [4.78, 5) is 2.10. The Labute approximate surface area is 126 Å². The van der Waals surface area contributed by atoms with Crippen LogP contribution in [0, 0.1) is 5.41 Å². The van der Waals surface area contributed by atoms with Crippen LogP contribution in [0.15, 0.2) is 23.1 Å². The highest BCUT2D eigenvalue weighted by atomic mass is 32.2. The van der Waals surface area contributed by atoms with E-state index in [1.165, 1.54) is 16.7 Å². The minimum Gasteiger partial charge on any atom is -0.384 e. The molecule has 7 heteroatoms. The van der Waals surface area contributed by atoms with Crippen LogP contribution in [0.1, 0.15) is 25.3 Å². The molecule has 3 N–H and O–H groups in total. The monoisotopic (exact) mass is 317 g/mol. The van der Waals surface area contributed by atoms with Gasteiger partial charge < -0.3 is 10.6 Å². The molecule has 116 valence electrons. The van der Waals surface area contributed by atoms with Crippen LogP contribution in [0.4, 0.5) is 18.9 Å². The molecular formula is C14H18F3N3S. The van der Waals surface area contributed by atoms with E-state index in [4.69, 9.17) is 11.1 Å². The fourth-order valence-electron chi connectivity index (χ4n) is 2.30. The summed E-state index contributed by atoms with van der Waals surface area (Å²) in [5.74, 6) is 0.585. The maximum Gasteiger partial charge on any atom is 0.405 e. The molecule has 0 aliphatic heterocycles. The second-order valence-corrected chi connectivity index (χ2v) is 6.28. The molecule has 1 aliphatic rings. The average Bonchev–Trinajstić information content (AvgIpc) is 3.19. The van der Waals surface area contributed by atoms with E-state index in [0.29, 0.717) is 11.3 Å². The van der Waals surface area contributed by atoms with Crippen molar-refractivity contribution in [2.45, 2.75) is 36.9 Å². The normalized spacial score (nSPS) is 15.0. The van der Waals surface area contributed by atoms with Crippen molar-refractivity contribution in [3.05, 3.63) is 23.8 Å². The Morgan fingerprint density at radius 2 is 2.10 bits per heavy atom. The van der Waals surface area contributed by atoms with Gasteiger partial charge in [-0.05, 0) is 30.7 Å². The van der Waals surface area contributed by atoms with E-state index in [-0.39, 0.29) is 11.9 Å². The van der Waals surface area contributed by atoms with Crippen LogP contribution in [-0.2, 0) is 0 Å². The Hall–Kier alpha value is -1.37. The molecular weight excluding hydrogens is 299 g/mol. The molecule has 1 fully saturated rings. The number of hydrogen-bond acceptors (Lipinski definition) is 3. The molecule has 0 amide bonds. The SMILES string of the molecule is CCSc1cccc(N(CC(F)(F)F)C2CC2)c1C(=N)N. The number of nitrogens with one attached hydrogen (secondary N) is 1. The summed E-state index contributed by atoms with van der Waals surface area (Å²) in [6.07, 6.45) is -2.78. The molecule has 0 atom stereocenters. The molecule has 0 heterocycles. The first-order chi connectivity index (χ1) is 9.83. The average molecular weight is 317 g/mol. The van der Waals surface area contributed by atoms with Crippen molar-refractivity contribution in [1.29, 1.82) is 5.41 Å². The molecule has 0 unspecified atom stereocenters. The predicted octanol–water partition coefficient (Wildman–Crippen LogP) is 3.61. The van der Waals surface area contributed by atoms with Crippen LogP contribution in [0.3, 0.4) is 0 Å². The number of thioether (sulfide) groups is 1. The van der Waals surface area contributed by atoms with Gasteiger partial charge >= 0.3 is 6.18 Å². The number of rotatable bonds is 6. The van der Waals surface area contributed by atoms with E-state index < -0.39 is 12.7 Å². The lowest BCUT2D eigenvalue weighted by atomic mass is 10.1. The minimum absolute atomic E-state index is 0.105. The Morgan fingerprint density at radius 1 is 1.43 bits per heavy atom. The molecule has 1 aromatic rings. The molecule has 0 bridgehead atoms. The Morgan fingerprint density at radius 3 is 2.57 bits per heavy atom. The lowest BCUT2D eigenvalue weighted by Crippen LogP contribution is -2.37. The number of benzene rings is 1. The number of amidine groups is 1. The molecule has 1 aromatic carbocycles. The van der Waals surface area contributed by atoms with E-state index in [9.17, 15) is 13.2 Å². The zero-order valence-corrected chi connectivity index (χ0v) is 12.5. The van der Waals surface area contributed by atoms with E-state index >= 15 is 0 Å². The third-order valence-electron chi connectivity index (χ3n) is 3.22. The number of hydrogen-bond donors (Lipinski definition) is 2. The smallest absolute Gasteiger partial charge is 0.384 e. The summed E-state index contributed by atoms with van der Waals surface area (Å²) >= 11 is 1.48. The number of nitrogen functional groups attached to an aromatic ring is 1. The summed E-state index contributed by atoms with van der Waals surface area (Å²) in [7, 11) is 0. The summed E-state index contributed by atoms with van der Waals surface area (Å²) in [5.41, 5.74) is 6.46. The van der Waals surface area contributed by atoms with Crippen LogP contribution < -0.4 is 10.6 Å². The van der Waals surface area contributed by atoms with Crippen LogP contribution in [0.25, 0.3) is 0 Å². The van der Waals surface area contributed by atoms with Crippen LogP contribution >= 0.6 is 11.8 Å². The number of nitrogens with two attached hydrogens (primary N) is 1. The fraction of sp³-hybridized carbons (Fsp3) is 0.500. The van der Waals surface area contributed by atoms with Crippen molar-refractivity contribution < 1.29 is 13.2 Å². The maximum atomic E-state index is 12.8. The van der Waals surface area contributed by atoms with Crippen LogP contribution in [0.2, 0.25) is 0 Å². The summed E-state index contributed by atoms with van der Waals surface area (Å²) in [6, 6.07) is 5.05. The van der Waals surface area contributed by atoms with E-state index in [1.54, 1.807) is 18.2 Å². The zero-order chi connectivity index (χ0) is 15.6. The lowest BCUT2D eigenvalue weighted by molar-refractivity contribution is -0.120. The molecule has 0 radical (unpaired) electrons. The van der Waals surface area contributed by atoms with Crippen LogP contribution in [-0.4, -0.2) is 30.4 Å². The molecule has 0 aromatic heterocycles. The third kappa shape index (κ3) is 4.06. The van der Waals surface area contributed by atoms with Crippen molar-refractivity contribution in [2.75, 3.05) is 17.2 Å². The first-order valence-corrected chi connectivity index (χ1v) is 7.75. The second kappa shape index (κ2) is 6.17. The van der Waals surface area contributed by atoms with Gasteiger partial charge in [-0.1, -0.05) is 13.0 Å². The Kier molecular flexibility index (Phi) is 4.70. The first-order valence-electron chi connectivity index (χ1n) is 6.77. The number of halogens is 3. The first kappa shape index (κ1) is 16.0. The standard InChI is InChI=1S/C14H18F3N3S/c1-2-21-11-5-3-4-10(12(11)13(18)19)20(9-6-7-9)8-14(15,16)17/h3-5,9H,2,6-8H2,1H3,(H3,18,19). The van der Waals surface area contributed by atoms with Gasteiger partial charge in [-0.2, -0.15) is 13.2 Å².